The van der Waals surface area contributed by atoms with Crippen LogP contribution in [0.1, 0.15) is 140 Å². The summed E-state index contributed by atoms with van der Waals surface area (Å²) in [5.41, 5.74) is 0.846. The molecule has 4 aliphatic rings. The van der Waals surface area contributed by atoms with Crippen molar-refractivity contribution in [1.82, 2.24) is 9.80 Å². The summed E-state index contributed by atoms with van der Waals surface area (Å²) in [6.07, 6.45) is 6.27. The highest BCUT2D eigenvalue weighted by Crippen LogP contribution is 2.53. The first-order valence-electron chi connectivity index (χ1n) is 25.2. The second-order valence-corrected chi connectivity index (χ2v) is 30.0. The van der Waals surface area contributed by atoms with Gasteiger partial charge in [-0.1, -0.05) is 107 Å². The number of ether oxygens (including phenoxy) is 2. The van der Waals surface area contributed by atoms with E-state index < -0.39 is 76.7 Å². The molecule has 400 valence electrons. The maximum Gasteiger partial charge on any atom is 0.255 e. The van der Waals surface area contributed by atoms with Gasteiger partial charge in [-0.3, -0.25) is 9.59 Å². The third-order valence-electron chi connectivity index (χ3n) is 14.9. The monoisotopic (exact) mass is 1130 g/mol. The molecule has 2 heterocycles. The highest BCUT2D eigenvalue weighted by Gasteiger charge is 2.57. The van der Waals surface area contributed by atoms with E-state index in [2.05, 4.69) is 13.2 Å². The maximum atomic E-state index is 14.3. The molecule has 0 unspecified atom stereocenters. The van der Waals surface area contributed by atoms with Crippen LogP contribution in [0.3, 0.4) is 0 Å². The Morgan fingerprint density at radius 1 is 0.554 bits per heavy atom. The van der Waals surface area contributed by atoms with Crippen LogP contribution < -0.4 is 0 Å². The molecule has 2 aliphatic carbocycles. The van der Waals surface area contributed by atoms with Crippen LogP contribution in [0.25, 0.3) is 0 Å². The lowest BCUT2D eigenvalue weighted by Crippen LogP contribution is -2.62. The molecular formula is C58H70Cl4N2O8S2. The van der Waals surface area contributed by atoms with Crippen LogP contribution >= 0.6 is 46.4 Å². The van der Waals surface area contributed by atoms with Gasteiger partial charge >= 0.3 is 0 Å². The summed E-state index contributed by atoms with van der Waals surface area (Å²) in [6, 6.07) is 27.4. The Labute approximate surface area is 459 Å². The van der Waals surface area contributed by atoms with E-state index in [1.54, 1.807) is 104 Å². The van der Waals surface area contributed by atoms with Crippen molar-refractivity contribution in [3.8, 4) is 0 Å². The third kappa shape index (κ3) is 12.7. The molecule has 0 spiro atoms. The number of amides is 2. The lowest BCUT2D eigenvalue weighted by atomic mass is 9.85. The number of halogens is 4. The molecule has 0 N–H and O–H groups in total. The molecule has 2 saturated carbocycles. The van der Waals surface area contributed by atoms with Crippen molar-refractivity contribution in [2.45, 2.75) is 151 Å². The average molecular weight is 1130 g/mol. The molecule has 8 rings (SSSR count). The van der Waals surface area contributed by atoms with Gasteiger partial charge in [-0.2, -0.15) is 0 Å². The Hall–Kier alpha value is -3.72. The average Bonchev–Trinajstić information content (AvgIpc) is 4.26. The van der Waals surface area contributed by atoms with Gasteiger partial charge in [0.25, 0.3) is 11.8 Å². The number of hydrogen-bond acceptors (Lipinski definition) is 8. The predicted molar refractivity (Wildman–Crippen MR) is 299 cm³/mol. The van der Waals surface area contributed by atoms with E-state index in [0.717, 1.165) is 47.9 Å². The Morgan fingerprint density at radius 3 is 1.15 bits per heavy atom. The van der Waals surface area contributed by atoms with Crippen LogP contribution in [-0.4, -0.2) is 82.7 Å². The van der Waals surface area contributed by atoms with Crippen LogP contribution in [0.15, 0.2) is 122 Å². The zero-order valence-corrected chi connectivity index (χ0v) is 48.2. The Balaban J connectivity index is 0.000000216. The second kappa shape index (κ2) is 22.3. The fourth-order valence-corrected chi connectivity index (χ4v) is 13.5. The highest BCUT2D eigenvalue weighted by atomic mass is 35.5. The molecule has 74 heavy (non-hydrogen) atoms. The summed E-state index contributed by atoms with van der Waals surface area (Å²) < 4.78 is 65.4. The van der Waals surface area contributed by atoms with Gasteiger partial charge in [-0.15, -0.1) is 13.2 Å². The lowest BCUT2D eigenvalue weighted by Gasteiger charge is -2.52. The van der Waals surface area contributed by atoms with E-state index in [1.165, 1.54) is 0 Å². The second-order valence-electron chi connectivity index (χ2n) is 22.6. The van der Waals surface area contributed by atoms with Crippen LogP contribution in [0.5, 0.6) is 0 Å². The molecule has 4 aromatic rings. The summed E-state index contributed by atoms with van der Waals surface area (Å²) in [6.45, 7) is 21.5. The van der Waals surface area contributed by atoms with Gasteiger partial charge in [-0.05, 0) is 164 Å². The highest BCUT2D eigenvalue weighted by molar-refractivity contribution is 7.93. The Kier molecular flexibility index (Phi) is 17.5. The standard InChI is InChI=1S/2C29H35Cl2NO4S/c2*1-6-16-29(5)27(33)32(24(19-10-11-19)18-37(34,35)28(2,3)4)25(20-12-14-22(30)15-13-20)26(36-29)21-8-7-9-23(31)17-21/h2*6-9,12-15,17,19,24-26H,1,10-11,16,18H2,2-5H3/t24-,25-,26-,29+;24-,25-,26-,29-/m11/s1. The summed E-state index contributed by atoms with van der Waals surface area (Å²) in [5, 5.41) is 2.25. The number of carbonyl (C=O) groups is 2. The van der Waals surface area contributed by atoms with Crippen molar-refractivity contribution in [3.05, 3.63) is 165 Å². The van der Waals surface area contributed by atoms with E-state index in [0.29, 0.717) is 20.1 Å². The van der Waals surface area contributed by atoms with Crippen LogP contribution in [0, 0.1) is 11.8 Å². The molecule has 10 nitrogen and oxygen atoms in total. The van der Waals surface area contributed by atoms with Gasteiger partial charge in [0, 0.05) is 45.0 Å². The first-order chi connectivity index (χ1) is 34.5. The van der Waals surface area contributed by atoms with E-state index in [9.17, 15) is 26.4 Å². The summed E-state index contributed by atoms with van der Waals surface area (Å²) >= 11 is 25.2. The fraction of sp³-hybridized carbons (Fsp3) is 0.483. The fourth-order valence-electron chi connectivity index (χ4n) is 10.1. The predicted octanol–water partition coefficient (Wildman–Crippen LogP) is 13.9. The molecule has 0 bridgehead atoms. The van der Waals surface area contributed by atoms with Crippen LogP contribution in [0.4, 0.5) is 0 Å². The van der Waals surface area contributed by atoms with Gasteiger partial charge in [0.2, 0.25) is 0 Å². The van der Waals surface area contributed by atoms with Gasteiger partial charge in [0.05, 0.1) is 33.1 Å². The van der Waals surface area contributed by atoms with Crippen LogP contribution in [-0.2, 0) is 38.7 Å². The van der Waals surface area contributed by atoms with Crippen molar-refractivity contribution in [1.29, 1.82) is 0 Å². The van der Waals surface area contributed by atoms with E-state index in [-0.39, 0.29) is 48.0 Å². The molecular weight excluding hydrogens is 1060 g/mol. The normalized spacial score (nSPS) is 25.7. The smallest absolute Gasteiger partial charge is 0.255 e. The maximum absolute atomic E-state index is 14.3. The van der Waals surface area contributed by atoms with Crippen molar-refractivity contribution >= 4 is 77.9 Å². The first-order valence-corrected chi connectivity index (χ1v) is 30.1. The van der Waals surface area contributed by atoms with Crippen molar-refractivity contribution < 1.29 is 35.9 Å². The van der Waals surface area contributed by atoms with Gasteiger partial charge < -0.3 is 19.3 Å². The molecule has 8 atom stereocenters. The van der Waals surface area contributed by atoms with Gasteiger partial charge in [0.1, 0.15) is 23.4 Å². The minimum atomic E-state index is -3.52. The number of nitrogens with zero attached hydrogens (tertiary/aromatic N) is 2. The van der Waals surface area contributed by atoms with Gasteiger partial charge in [0.15, 0.2) is 19.7 Å². The number of carbonyl (C=O) groups excluding carboxylic acids is 2. The number of hydrogen-bond donors (Lipinski definition) is 0. The number of benzene rings is 4. The van der Waals surface area contributed by atoms with Gasteiger partial charge in [-0.25, -0.2) is 16.8 Å². The Bertz CT molecular complexity index is 2730. The quantitative estimate of drug-likeness (QED) is 0.102. The van der Waals surface area contributed by atoms with Crippen molar-refractivity contribution in [2.24, 2.45) is 11.8 Å². The molecule has 4 aromatic carbocycles. The molecule has 16 heteroatoms. The minimum absolute atomic E-state index is 0.0990. The summed E-state index contributed by atoms with van der Waals surface area (Å²) in [5.74, 6) is -0.477. The summed E-state index contributed by atoms with van der Waals surface area (Å²) in [7, 11) is -7.05. The number of morpholine rings is 2. The first kappa shape index (κ1) is 58.0. The third-order valence-corrected chi connectivity index (χ3v) is 21.1. The zero-order chi connectivity index (χ0) is 54.3. The number of sulfone groups is 2. The van der Waals surface area contributed by atoms with E-state index in [4.69, 9.17) is 55.9 Å². The molecule has 0 radical (unpaired) electrons. The van der Waals surface area contributed by atoms with E-state index in [1.807, 2.05) is 70.5 Å². The molecule has 2 aliphatic heterocycles. The minimum Gasteiger partial charge on any atom is -0.355 e. The molecule has 0 aromatic heterocycles. The van der Waals surface area contributed by atoms with Crippen molar-refractivity contribution in [2.75, 3.05) is 11.5 Å². The van der Waals surface area contributed by atoms with Crippen molar-refractivity contribution in [3.63, 3.8) is 0 Å². The lowest BCUT2D eigenvalue weighted by molar-refractivity contribution is -0.202. The SMILES string of the molecule is C=CC[C@@]1(C)O[C@H](c2cccc(Cl)c2)[C@@H](c2ccc(Cl)cc2)N([C@H](CS(=O)(=O)C(C)(C)C)C2CC2)C1=O.C=CC[C@]1(C)O[C@H](c2cccc(Cl)c2)[C@@H](c2ccc(Cl)cc2)N([C@H](CS(=O)(=O)C(C)(C)C)C2CC2)C1=O. The van der Waals surface area contributed by atoms with Crippen LogP contribution in [0.2, 0.25) is 20.1 Å². The molecule has 4 fully saturated rings. The van der Waals surface area contributed by atoms with E-state index >= 15 is 0 Å². The molecule has 2 saturated heterocycles. The topological polar surface area (TPSA) is 127 Å². The zero-order valence-electron chi connectivity index (χ0n) is 43.6. The largest absolute Gasteiger partial charge is 0.355 e. The molecule has 2 amide bonds. The number of rotatable bonds is 16. The summed E-state index contributed by atoms with van der Waals surface area (Å²) in [4.78, 5) is 32.3. The Morgan fingerprint density at radius 2 is 0.878 bits per heavy atom.